The van der Waals surface area contributed by atoms with Gasteiger partial charge < -0.3 is 4.74 Å². The molecule has 1 heterocycles. The first-order valence-electron chi connectivity index (χ1n) is 8.88. The number of aryl methyl sites for hydroxylation is 1. The molecule has 134 valence electrons. The summed E-state index contributed by atoms with van der Waals surface area (Å²) in [6.45, 7) is 5.97. The number of benzene rings is 2. The van der Waals surface area contributed by atoms with Crippen LogP contribution in [0, 0.1) is 0 Å². The summed E-state index contributed by atoms with van der Waals surface area (Å²) in [5.74, 6) is 0.335. The second kappa shape index (κ2) is 7.56. The fraction of sp³-hybridized carbons (Fsp3) is 0.273. The molecule has 0 radical (unpaired) electrons. The maximum absolute atomic E-state index is 12.2. The molecule has 2 amide bonds. The van der Waals surface area contributed by atoms with Crippen molar-refractivity contribution in [2.75, 3.05) is 4.90 Å². The van der Waals surface area contributed by atoms with Crippen molar-refractivity contribution in [1.29, 1.82) is 0 Å². The summed E-state index contributed by atoms with van der Waals surface area (Å²) in [5, 5.41) is 0. The van der Waals surface area contributed by atoms with Gasteiger partial charge in [-0.2, -0.15) is 0 Å². The molecule has 0 unspecified atom stereocenters. The zero-order valence-corrected chi connectivity index (χ0v) is 15.4. The van der Waals surface area contributed by atoms with Crippen molar-refractivity contribution in [2.45, 2.75) is 40.2 Å². The summed E-state index contributed by atoms with van der Waals surface area (Å²) in [6.07, 6.45) is 2.20. The topological polar surface area (TPSA) is 46.6 Å². The predicted molar refractivity (Wildman–Crippen MR) is 102 cm³/mol. The van der Waals surface area contributed by atoms with Crippen molar-refractivity contribution in [3.8, 4) is 5.75 Å². The summed E-state index contributed by atoms with van der Waals surface area (Å²) in [4.78, 5) is 25.7. The molecule has 2 aromatic rings. The summed E-state index contributed by atoms with van der Waals surface area (Å²) in [5.41, 5.74) is 3.89. The van der Waals surface area contributed by atoms with Crippen LogP contribution in [0.3, 0.4) is 0 Å². The summed E-state index contributed by atoms with van der Waals surface area (Å²) in [7, 11) is 0. The van der Waals surface area contributed by atoms with Gasteiger partial charge in [-0.15, -0.1) is 0 Å². The summed E-state index contributed by atoms with van der Waals surface area (Å²) < 4.78 is 5.81. The molecule has 2 aromatic carbocycles. The molecule has 0 spiro atoms. The van der Waals surface area contributed by atoms with Gasteiger partial charge in [-0.05, 0) is 55.7 Å². The maximum Gasteiger partial charge on any atom is 0.261 e. The molecule has 0 atom stereocenters. The van der Waals surface area contributed by atoms with Gasteiger partial charge in [-0.25, -0.2) is 4.90 Å². The van der Waals surface area contributed by atoms with Crippen molar-refractivity contribution >= 4 is 17.5 Å². The normalized spacial score (nSPS) is 14.3. The number of hydrogen-bond acceptors (Lipinski definition) is 3. The van der Waals surface area contributed by atoms with Crippen molar-refractivity contribution in [3.05, 3.63) is 70.8 Å². The second-order valence-electron chi connectivity index (χ2n) is 6.54. The third-order valence-corrected chi connectivity index (χ3v) is 4.67. The van der Waals surface area contributed by atoms with Gasteiger partial charge in [0.25, 0.3) is 11.8 Å². The van der Waals surface area contributed by atoms with E-state index in [1.807, 2.05) is 24.3 Å². The minimum Gasteiger partial charge on any atom is -0.489 e. The number of anilines is 1. The van der Waals surface area contributed by atoms with Crippen molar-refractivity contribution < 1.29 is 14.3 Å². The van der Waals surface area contributed by atoms with Crippen LogP contribution in [0.2, 0.25) is 0 Å². The van der Waals surface area contributed by atoms with Gasteiger partial charge in [0.05, 0.1) is 5.69 Å². The van der Waals surface area contributed by atoms with E-state index in [-0.39, 0.29) is 11.8 Å². The molecule has 0 aromatic heterocycles. The molecule has 0 fully saturated rings. The Bertz CT molecular complexity index is 824. The number of nitrogens with zero attached hydrogens (tertiary/aromatic N) is 1. The second-order valence-corrected chi connectivity index (χ2v) is 6.54. The zero-order valence-electron chi connectivity index (χ0n) is 15.4. The van der Waals surface area contributed by atoms with Crippen LogP contribution in [0.25, 0.3) is 0 Å². The van der Waals surface area contributed by atoms with Gasteiger partial charge in [-0.1, -0.05) is 37.6 Å². The molecular formula is C22H23NO3. The van der Waals surface area contributed by atoms with E-state index in [1.54, 1.807) is 26.0 Å². The fourth-order valence-corrected chi connectivity index (χ4v) is 2.93. The number of rotatable bonds is 6. The Labute approximate surface area is 154 Å². The van der Waals surface area contributed by atoms with Crippen molar-refractivity contribution in [2.24, 2.45) is 0 Å². The molecular weight excluding hydrogens is 326 g/mol. The van der Waals surface area contributed by atoms with Crippen molar-refractivity contribution in [3.63, 3.8) is 0 Å². The third kappa shape index (κ3) is 3.54. The molecule has 4 nitrogen and oxygen atoms in total. The van der Waals surface area contributed by atoms with Gasteiger partial charge in [0.2, 0.25) is 0 Å². The van der Waals surface area contributed by atoms with Gasteiger partial charge >= 0.3 is 0 Å². The minimum atomic E-state index is -0.247. The third-order valence-electron chi connectivity index (χ3n) is 4.67. The largest absolute Gasteiger partial charge is 0.489 e. The van der Waals surface area contributed by atoms with E-state index < -0.39 is 0 Å². The van der Waals surface area contributed by atoms with Crippen LogP contribution in [0.15, 0.2) is 59.7 Å². The zero-order chi connectivity index (χ0) is 18.7. The maximum atomic E-state index is 12.2. The Morgan fingerprint density at radius 2 is 1.35 bits per heavy atom. The number of carbonyl (C=O) groups excluding carboxylic acids is 2. The standard InChI is InChI=1S/C22H23NO3/c1-4-5-17-8-12-20(13-9-17)26-14-18-6-10-19(11-7-18)23-21(24)15(2)16(3)22(23)25/h6-13H,4-5,14H2,1-3H3. The highest BCUT2D eigenvalue weighted by molar-refractivity contribution is 6.32. The van der Waals surface area contributed by atoms with Gasteiger partial charge in [0.15, 0.2) is 0 Å². The highest BCUT2D eigenvalue weighted by Gasteiger charge is 2.34. The van der Waals surface area contributed by atoms with Crippen LogP contribution in [0.1, 0.15) is 38.3 Å². The molecule has 0 N–H and O–H groups in total. The van der Waals surface area contributed by atoms with Gasteiger partial charge in [0, 0.05) is 11.1 Å². The van der Waals surface area contributed by atoms with E-state index >= 15 is 0 Å². The number of amides is 2. The minimum absolute atomic E-state index is 0.247. The fourth-order valence-electron chi connectivity index (χ4n) is 2.93. The molecule has 1 aliphatic heterocycles. The van der Waals surface area contributed by atoms with Crippen molar-refractivity contribution in [1.82, 2.24) is 0 Å². The Kier molecular flexibility index (Phi) is 5.21. The van der Waals surface area contributed by atoms with Crippen LogP contribution in [-0.2, 0) is 22.6 Å². The van der Waals surface area contributed by atoms with Crippen LogP contribution in [0.5, 0.6) is 5.75 Å². The van der Waals surface area contributed by atoms with E-state index in [2.05, 4.69) is 19.1 Å². The molecule has 0 saturated heterocycles. The molecule has 26 heavy (non-hydrogen) atoms. The Morgan fingerprint density at radius 1 is 0.808 bits per heavy atom. The number of imide groups is 1. The lowest BCUT2D eigenvalue weighted by atomic mass is 10.1. The lowest BCUT2D eigenvalue weighted by Crippen LogP contribution is -2.31. The van der Waals surface area contributed by atoms with E-state index in [4.69, 9.17) is 4.74 Å². The molecule has 0 bridgehead atoms. The first kappa shape index (κ1) is 17.9. The van der Waals surface area contributed by atoms with E-state index in [0.717, 1.165) is 24.2 Å². The molecule has 3 rings (SSSR count). The Hall–Kier alpha value is -2.88. The van der Waals surface area contributed by atoms with E-state index in [0.29, 0.717) is 23.4 Å². The van der Waals surface area contributed by atoms with E-state index in [9.17, 15) is 9.59 Å². The molecule has 0 saturated carbocycles. The van der Waals surface area contributed by atoms with Crippen LogP contribution >= 0.6 is 0 Å². The number of hydrogen-bond donors (Lipinski definition) is 0. The van der Waals surface area contributed by atoms with Crippen LogP contribution in [-0.4, -0.2) is 11.8 Å². The molecule has 4 heteroatoms. The quantitative estimate of drug-likeness (QED) is 0.725. The average Bonchev–Trinajstić information content (AvgIpc) is 2.85. The Morgan fingerprint density at radius 3 is 1.88 bits per heavy atom. The smallest absolute Gasteiger partial charge is 0.261 e. The predicted octanol–water partition coefficient (Wildman–Crippen LogP) is 4.43. The van der Waals surface area contributed by atoms with Gasteiger partial charge in [-0.3, -0.25) is 9.59 Å². The summed E-state index contributed by atoms with van der Waals surface area (Å²) in [6, 6.07) is 15.5. The monoisotopic (exact) mass is 349 g/mol. The van der Waals surface area contributed by atoms with Crippen LogP contribution < -0.4 is 9.64 Å². The number of carbonyl (C=O) groups is 2. The highest BCUT2D eigenvalue weighted by Crippen LogP contribution is 2.27. The SMILES string of the molecule is CCCc1ccc(OCc2ccc(N3C(=O)C(C)=C(C)C3=O)cc2)cc1. The molecule has 0 aliphatic carbocycles. The first-order chi connectivity index (χ1) is 12.5. The highest BCUT2D eigenvalue weighted by atomic mass is 16.5. The Balaban J connectivity index is 1.63. The van der Waals surface area contributed by atoms with Gasteiger partial charge in [0.1, 0.15) is 12.4 Å². The lowest BCUT2D eigenvalue weighted by Gasteiger charge is -2.15. The van der Waals surface area contributed by atoms with E-state index in [1.165, 1.54) is 10.5 Å². The molecule has 1 aliphatic rings. The number of ether oxygens (including phenoxy) is 1. The first-order valence-corrected chi connectivity index (χ1v) is 8.88. The van der Waals surface area contributed by atoms with Crippen LogP contribution in [0.4, 0.5) is 5.69 Å². The lowest BCUT2D eigenvalue weighted by molar-refractivity contribution is -0.120. The average molecular weight is 349 g/mol. The summed E-state index contributed by atoms with van der Waals surface area (Å²) >= 11 is 0.